The van der Waals surface area contributed by atoms with E-state index in [0.717, 1.165) is 0 Å². The van der Waals surface area contributed by atoms with Crippen LogP contribution in [0.4, 0.5) is 0 Å². The van der Waals surface area contributed by atoms with Crippen molar-refractivity contribution < 1.29 is 28.6 Å². The molecule has 29 heavy (non-hydrogen) atoms. The Morgan fingerprint density at radius 1 is 1.07 bits per heavy atom. The van der Waals surface area contributed by atoms with E-state index >= 15 is 0 Å². The zero-order valence-corrected chi connectivity index (χ0v) is 19.0. The van der Waals surface area contributed by atoms with Gasteiger partial charge in [-0.15, -0.1) is 0 Å². The van der Waals surface area contributed by atoms with Gasteiger partial charge in [-0.2, -0.15) is 0 Å². The van der Waals surface area contributed by atoms with E-state index in [4.69, 9.17) is 14.2 Å². The third kappa shape index (κ3) is 7.77. The number of alkyl halides is 1. The van der Waals surface area contributed by atoms with Gasteiger partial charge in [0, 0.05) is 24.2 Å². The Morgan fingerprint density at radius 2 is 1.66 bits per heavy atom. The molecule has 1 rings (SSSR count). The van der Waals surface area contributed by atoms with Crippen LogP contribution in [-0.4, -0.2) is 54.5 Å². The van der Waals surface area contributed by atoms with Gasteiger partial charge in [0.2, 0.25) is 0 Å². The van der Waals surface area contributed by atoms with Crippen LogP contribution in [-0.2, 0) is 19.0 Å². The van der Waals surface area contributed by atoms with Crippen LogP contribution in [0.15, 0.2) is 30.0 Å². The molecule has 0 saturated heterocycles. The molecule has 0 aliphatic rings. The van der Waals surface area contributed by atoms with Crippen molar-refractivity contribution in [3.8, 4) is 0 Å². The van der Waals surface area contributed by atoms with Gasteiger partial charge < -0.3 is 24.8 Å². The molecule has 2 N–H and O–H groups in total. The Balaban J connectivity index is 3.21. The summed E-state index contributed by atoms with van der Waals surface area (Å²) in [5.74, 6) is -0.866. The topological polar surface area (TPSA) is 103 Å². The lowest BCUT2D eigenvalue weighted by atomic mass is 10.1. The maximum Gasteiger partial charge on any atom is 0.259 e. The predicted molar refractivity (Wildman–Crippen MR) is 117 cm³/mol. The van der Waals surface area contributed by atoms with E-state index in [1.54, 1.807) is 44.9 Å². The number of carbonyl (C=O) groups excluding carboxylic acids is 3. The molecule has 0 atom stereocenters. The summed E-state index contributed by atoms with van der Waals surface area (Å²) in [5.41, 5.74) is 0.383. The van der Waals surface area contributed by atoms with Crippen molar-refractivity contribution in [3.63, 3.8) is 0 Å². The van der Waals surface area contributed by atoms with Gasteiger partial charge in [0.15, 0.2) is 11.7 Å². The highest BCUT2D eigenvalue weighted by Crippen LogP contribution is 2.22. The fraction of sp³-hybridized carbons (Fsp3) is 0.500. The minimum absolute atomic E-state index is 0.0270. The van der Waals surface area contributed by atoms with Gasteiger partial charge in [-0.25, -0.2) is 4.79 Å². The van der Waals surface area contributed by atoms with Crippen LogP contribution in [0.25, 0.3) is 0 Å². The molecule has 1 aromatic rings. The SMILES string of the molecule is CCNC(=O)c1ccccc1C(=O)NC(CC(=C=O)OCCI)(OCC)OCC. The molecule has 0 aliphatic carbocycles. The maximum absolute atomic E-state index is 13.0. The van der Waals surface area contributed by atoms with Gasteiger partial charge in [-0.1, -0.05) is 34.7 Å². The van der Waals surface area contributed by atoms with Gasteiger partial charge in [-0.3, -0.25) is 9.59 Å². The Kier molecular flexibility index (Phi) is 11.5. The lowest BCUT2D eigenvalue weighted by Gasteiger charge is -2.33. The number of nitrogens with one attached hydrogen (secondary N) is 2. The molecule has 0 aliphatic heterocycles. The molecular weight excluding hydrogens is 491 g/mol. The third-order valence-electron chi connectivity index (χ3n) is 3.67. The van der Waals surface area contributed by atoms with Gasteiger partial charge in [0.1, 0.15) is 0 Å². The number of hydrogen-bond acceptors (Lipinski definition) is 6. The zero-order chi connectivity index (χ0) is 21.7. The number of rotatable bonds is 13. The van der Waals surface area contributed by atoms with E-state index in [9.17, 15) is 14.4 Å². The van der Waals surface area contributed by atoms with Crippen molar-refractivity contribution >= 4 is 40.3 Å². The summed E-state index contributed by atoms with van der Waals surface area (Å²) < 4.78 is 17.4. The Hall–Kier alpha value is -1.94. The van der Waals surface area contributed by atoms with Crippen LogP contribution < -0.4 is 10.6 Å². The number of amides is 2. The Morgan fingerprint density at radius 3 is 2.14 bits per heavy atom. The maximum atomic E-state index is 13.0. The minimum atomic E-state index is -1.63. The summed E-state index contributed by atoms with van der Waals surface area (Å²) >= 11 is 2.11. The molecular formula is C20H27IN2O6. The van der Waals surface area contributed by atoms with Crippen LogP contribution in [0.3, 0.4) is 0 Å². The normalized spacial score (nSPS) is 10.8. The lowest BCUT2D eigenvalue weighted by molar-refractivity contribution is -0.247. The van der Waals surface area contributed by atoms with Crippen LogP contribution in [0.2, 0.25) is 0 Å². The molecule has 0 fully saturated rings. The van der Waals surface area contributed by atoms with Crippen molar-refractivity contribution in [2.75, 3.05) is 30.8 Å². The highest BCUT2D eigenvalue weighted by molar-refractivity contribution is 14.1. The molecule has 8 nitrogen and oxygen atoms in total. The molecule has 0 heterocycles. The summed E-state index contributed by atoms with van der Waals surface area (Å²) in [4.78, 5) is 36.6. The second-order valence-corrected chi connectivity index (χ2v) is 6.80. The molecule has 160 valence electrons. The van der Waals surface area contributed by atoms with Crippen LogP contribution in [0.1, 0.15) is 47.9 Å². The zero-order valence-electron chi connectivity index (χ0n) is 16.9. The van der Waals surface area contributed by atoms with Crippen molar-refractivity contribution in [2.24, 2.45) is 0 Å². The van der Waals surface area contributed by atoms with Gasteiger partial charge in [-0.05, 0) is 32.9 Å². The second kappa shape index (κ2) is 13.3. The molecule has 0 bridgehead atoms. The number of ether oxygens (including phenoxy) is 3. The average Bonchev–Trinajstić information content (AvgIpc) is 2.71. The fourth-order valence-electron chi connectivity index (χ4n) is 2.59. The van der Waals surface area contributed by atoms with Gasteiger partial charge in [0.05, 0.1) is 24.2 Å². The first-order valence-electron chi connectivity index (χ1n) is 9.37. The van der Waals surface area contributed by atoms with Crippen LogP contribution in [0.5, 0.6) is 0 Å². The molecule has 0 radical (unpaired) electrons. The minimum Gasteiger partial charge on any atom is -0.485 e. The van der Waals surface area contributed by atoms with E-state index in [1.165, 1.54) is 6.07 Å². The lowest BCUT2D eigenvalue weighted by Crippen LogP contribution is -2.53. The first kappa shape index (κ1) is 25.1. The summed E-state index contributed by atoms with van der Waals surface area (Å²) in [6, 6.07) is 6.42. The highest BCUT2D eigenvalue weighted by Gasteiger charge is 2.37. The van der Waals surface area contributed by atoms with E-state index in [2.05, 4.69) is 33.2 Å². The predicted octanol–water partition coefficient (Wildman–Crippen LogP) is 2.45. The van der Waals surface area contributed by atoms with Crippen LogP contribution >= 0.6 is 22.6 Å². The van der Waals surface area contributed by atoms with Crippen molar-refractivity contribution in [1.82, 2.24) is 10.6 Å². The molecule has 2 amide bonds. The molecule has 0 aromatic heterocycles. The van der Waals surface area contributed by atoms with Crippen molar-refractivity contribution in [1.29, 1.82) is 0 Å². The monoisotopic (exact) mass is 518 g/mol. The fourth-order valence-corrected chi connectivity index (χ4v) is 2.81. The average molecular weight is 518 g/mol. The third-order valence-corrected chi connectivity index (χ3v) is 4.11. The smallest absolute Gasteiger partial charge is 0.259 e. The Bertz CT molecular complexity index is 727. The summed E-state index contributed by atoms with van der Waals surface area (Å²) in [5, 5.41) is 5.36. The van der Waals surface area contributed by atoms with Crippen molar-refractivity contribution in [2.45, 2.75) is 33.1 Å². The number of carbonyl (C=O) groups is 2. The van der Waals surface area contributed by atoms with E-state index in [0.29, 0.717) is 17.6 Å². The summed E-state index contributed by atoms with van der Waals surface area (Å²) in [7, 11) is 0. The van der Waals surface area contributed by atoms with Crippen molar-refractivity contribution in [3.05, 3.63) is 41.2 Å². The molecule has 1 aromatic carbocycles. The highest BCUT2D eigenvalue weighted by atomic mass is 127. The Labute approximate surface area is 184 Å². The first-order chi connectivity index (χ1) is 14.0. The molecule has 0 unspecified atom stereocenters. The van der Waals surface area contributed by atoms with E-state index in [-0.39, 0.29) is 42.4 Å². The van der Waals surface area contributed by atoms with E-state index in [1.807, 2.05) is 0 Å². The number of benzene rings is 1. The number of halogens is 1. The largest absolute Gasteiger partial charge is 0.485 e. The second-order valence-electron chi connectivity index (χ2n) is 5.72. The summed E-state index contributed by atoms with van der Waals surface area (Å²) in [6.07, 6.45) is -0.163. The summed E-state index contributed by atoms with van der Waals surface area (Å²) in [6.45, 7) is 6.41. The van der Waals surface area contributed by atoms with Gasteiger partial charge >= 0.3 is 0 Å². The molecule has 0 saturated carbocycles. The van der Waals surface area contributed by atoms with Gasteiger partial charge in [0.25, 0.3) is 17.7 Å². The van der Waals surface area contributed by atoms with Crippen LogP contribution in [0, 0.1) is 0 Å². The molecule has 9 heteroatoms. The molecule has 0 spiro atoms. The quantitative estimate of drug-likeness (QED) is 0.137. The standard InChI is InChI=1S/C20H27IN2O6/c1-4-22-18(25)16-9-7-8-10-17(16)19(26)23-20(28-5-2,29-6-3)13-15(14-24)27-12-11-21/h7-10H,4-6,11-13H2,1-3H3,(H,22,25)(H,23,26). The first-order valence-corrected chi connectivity index (χ1v) is 10.9. The number of hydrogen-bond donors (Lipinski definition) is 2. The van der Waals surface area contributed by atoms with E-state index < -0.39 is 11.8 Å².